The summed E-state index contributed by atoms with van der Waals surface area (Å²) in [5, 5.41) is 0. The van der Waals surface area contributed by atoms with Gasteiger partial charge in [0, 0.05) is 11.1 Å². The molecule has 3 aromatic rings. The van der Waals surface area contributed by atoms with Gasteiger partial charge in [-0.05, 0) is 50.1 Å². The molecule has 0 aromatic heterocycles. The molecule has 1 nitrogen and oxygen atoms in total. The largest absolute Gasteiger partial charge is 0.289 e. The topological polar surface area (TPSA) is 17.1 Å². The van der Waals surface area contributed by atoms with Gasteiger partial charge in [-0.2, -0.15) is 0 Å². The molecule has 0 amide bonds. The number of hydrogen-bond donors (Lipinski definition) is 0. The molecule has 0 fully saturated rings. The van der Waals surface area contributed by atoms with Crippen LogP contribution in [-0.4, -0.2) is 5.78 Å². The second kappa shape index (κ2) is 8.35. The fourth-order valence-corrected chi connectivity index (χ4v) is 3.84. The maximum atomic E-state index is 13.7. The van der Waals surface area contributed by atoms with Crippen LogP contribution in [0.25, 0.3) is 11.1 Å². The summed E-state index contributed by atoms with van der Waals surface area (Å²) < 4.78 is 0. The summed E-state index contributed by atoms with van der Waals surface area (Å²) in [6.07, 6.45) is 0. The number of carbonyl (C=O) groups is 1. The van der Waals surface area contributed by atoms with E-state index in [-0.39, 0.29) is 22.0 Å². The summed E-state index contributed by atoms with van der Waals surface area (Å²) in [6.45, 7) is 20.1. The maximum Gasteiger partial charge on any atom is 0.193 e. The molecule has 32 heavy (non-hydrogen) atoms. The van der Waals surface area contributed by atoms with Crippen LogP contribution >= 0.6 is 0 Å². The van der Waals surface area contributed by atoms with Crippen molar-refractivity contribution in [2.75, 3.05) is 0 Å². The number of ketones is 1. The highest BCUT2D eigenvalue weighted by atomic mass is 16.1. The van der Waals surface area contributed by atoms with Gasteiger partial charge in [-0.25, -0.2) is 0 Å². The second-order valence-electron chi connectivity index (χ2n) is 12.0. The molecule has 0 N–H and O–H groups in total. The fourth-order valence-electron chi connectivity index (χ4n) is 3.84. The molecule has 0 atom stereocenters. The van der Waals surface area contributed by atoms with E-state index in [4.69, 9.17) is 0 Å². The molecule has 0 bridgehead atoms. The minimum absolute atomic E-state index is 0.0188. The monoisotopic (exact) mass is 426 g/mol. The van der Waals surface area contributed by atoms with Gasteiger partial charge >= 0.3 is 0 Å². The van der Waals surface area contributed by atoms with Crippen molar-refractivity contribution in [3.8, 4) is 11.1 Å². The summed E-state index contributed by atoms with van der Waals surface area (Å²) in [7, 11) is 0. The highest BCUT2D eigenvalue weighted by Crippen LogP contribution is 2.37. The van der Waals surface area contributed by atoms with Crippen molar-refractivity contribution in [3.63, 3.8) is 0 Å². The molecule has 0 aliphatic carbocycles. The van der Waals surface area contributed by atoms with Crippen LogP contribution < -0.4 is 0 Å². The van der Waals surface area contributed by atoms with E-state index in [2.05, 4.69) is 98.7 Å². The third-order valence-corrected chi connectivity index (χ3v) is 6.14. The first kappa shape index (κ1) is 24.0. The maximum absolute atomic E-state index is 13.7. The van der Waals surface area contributed by atoms with Crippen LogP contribution in [0.4, 0.5) is 0 Å². The Balaban J connectivity index is 2.31. The Morgan fingerprint density at radius 2 is 1.06 bits per heavy atom. The molecule has 3 rings (SSSR count). The van der Waals surface area contributed by atoms with E-state index >= 15 is 0 Å². The molecule has 1 heteroatoms. The zero-order chi connectivity index (χ0) is 23.9. The summed E-state index contributed by atoms with van der Waals surface area (Å²) in [6, 6.07) is 22.9. The van der Waals surface area contributed by atoms with Gasteiger partial charge in [-0.3, -0.25) is 4.79 Å². The van der Waals surface area contributed by atoms with Gasteiger partial charge in [0.15, 0.2) is 5.78 Å². The highest BCUT2D eigenvalue weighted by Gasteiger charge is 2.24. The molecular formula is C31H38O. The van der Waals surface area contributed by atoms with Crippen molar-refractivity contribution < 1.29 is 4.79 Å². The van der Waals surface area contributed by atoms with Gasteiger partial charge < -0.3 is 0 Å². The van der Waals surface area contributed by atoms with E-state index in [0.717, 1.165) is 22.3 Å². The Morgan fingerprint density at radius 3 is 1.53 bits per heavy atom. The van der Waals surface area contributed by atoms with Crippen molar-refractivity contribution in [2.24, 2.45) is 0 Å². The summed E-state index contributed by atoms with van der Waals surface area (Å²) in [5.74, 6) is 0.0742. The number of hydrogen-bond acceptors (Lipinski definition) is 1. The van der Waals surface area contributed by atoms with E-state index in [1.165, 1.54) is 16.7 Å². The lowest BCUT2D eigenvalue weighted by atomic mass is 9.77. The summed E-state index contributed by atoms with van der Waals surface area (Å²) in [4.78, 5) is 13.7. The Morgan fingerprint density at radius 1 is 0.562 bits per heavy atom. The van der Waals surface area contributed by atoms with Crippen molar-refractivity contribution in [1.29, 1.82) is 0 Å². The molecule has 0 heterocycles. The highest BCUT2D eigenvalue weighted by molar-refractivity contribution is 6.13. The summed E-state index contributed by atoms with van der Waals surface area (Å²) in [5.41, 5.74) is 7.37. The SMILES string of the molecule is CC(C)(C)c1cc(-c2ccc(C(C)(C)C)cc2C(=O)c2ccccc2)cc(C(C)(C)C)c1. The molecule has 3 aromatic carbocycles. The lowest BCUT2D eigenvalue weighted by Gasteiger charge is -2.27. The first-order chi connectivity index (χ1) is 14.7. The van der Waals surface area contributed by atoms with Crippen LogP contribution in [0.3, 0.4) is 0 Å². The first-order valence-corrected chi connectivity index (χ1v) is 11.6. The number of rotatable bonds is 3. The van der Waals surface area contributed by atoms with Crippen molar-refractivity contribution in [2.45, 2.75) is 78.6 Å². The smallest absolute Gasteiger partial charge is 0.193 e. The van der Waals surface area contributed by atoms with E-state index < -0.39 is 0 Å². The molecule has 0 spiro atoms. The Bertz CT molecular complexity index is 1080. The molecule has 0 aliphatic rings. The average molecular weight is 427 g/mol. The quantitative estimate of drug-likeness (QED) is 0.384. The third kappa shape index (κ3) is 5.21. The van der Waals surface area contributed by atoms with Crippen molar-refractivity contribution >= 4 is 5.78 Å². The van der Waals surface area contributed by atoms with Crippen LogP contribution in [-0.2, 0) is 16.2 Å². The predicted molar refractivity (Wildman–Crippen MR) is 138 cm³/mol. The van der Waals surface area contributed by atoms with Crippen molar-refractivity contribution in [3.05, 3.63) is 94.5 Å². The Kier molecular flexibility index (Phi) is 6.26. The molecule has 0 radical (unpaired) electrons. The first-order valence-electron chi connectivity index (χ1n) is 11.6. The zero-order valence-corrected chi connectivity index (χ0v) is 21.3. The van der Waals surface area contributed by atoms with Gasteiger partial charge in [-0.1, -0.05) is 123 Å². The third-order valence-electron chi connectivity index (χ3n) is 6.14. The van der Waals surface area contributed by atoms with Crippen LogP contribution in [0.2, 0.25) is 0 Å². The van der Waals surface area contributed by atoms with E-state index in [0.29, 0.717) is 0 Å². The lowest BCUT2D eigenvalue weighted by Crippen LogP contribution is -2.17. The molecule has 168 valence electrons. The van der Waals surface area contributed by atoms with Gasteiger partial charge in [0.05, 0.1) is 0 Å². The van der Waals surface area contributed by atoms with Crippen LogP contribution in [0.1, 0.15) is 94.9 Å². The fraction of sp³-hybridized carbons (Fsp3) is 0.387. The lowest BCUT2D eigenvalue weighted by molar-refractivity contribution is 0.103. The standard InChI is InChI=1S/C31H38O/c1-29(2,3)23-15-16-26(27(20-23)28(32)21-13-11-10-12-14-21)22-17-24(30(4,5)6)19-25(18-22)31(7,8)9/h10-20H,1-9H3. The average Bonchev–Trinajstić information content (AvgIpc) is 2.71. The van der Waals surface area contributed by atoms with Crippen LogP contribution in [0.5, 0.6) is 0 Å². The molecule has 0 aliphatic heterocycles. The molecular weight excluding hydrogens is 388 g/mol. The minimum Gasteiger partial charge on any atom is -0.289 e. The molecule has 0 unspecified atom stereocenters. The van der Waals surface area contributed by atoms with Crippen LogP contribution in [0, 0.1) is 0 Å². The summed E-state index contributed by atoms with van der Waals surface area (Å²) >= 11 is 0. The van der Waals surface area contributed by atoms with Gasteiger partial charge in [0.1, 0.15) is 0 Å². The second-order valence-corrected chi connectivity index (χ2v) is 12.0. The Hall–Kier alpha value is -2.67. The number of carbonyl (C=O) groups excluding carboxylic acids is 1. The van der Waals surface area contributed by atoms with E-state index in [1.54, 1.807) is 0 Å². The van der Waals surface area contributed by atoms with Crippen molar-refractivity contribution in [1.82, 2.24) is 0 Å². The molecule has 0 saturated carbocycles. The van der Waals surface area contributed by atoms with Gasteiger partial charge in [0.25, 0.3) is 0 Å². The Labute approximate surface area is 194 Å². The predicted octanol–water partition coefficient (Wildman–Crippen LogP) is 8.48. The zero-order valence-electron chi connectivity index (χ0n) is 21.3. The van der Waals surface area contributed by atoms with Crippen LogP contribution in [0.15, 0.2) is 66.7 Å². The molecule has 0 saturated heterocycles. The van der Waals surface area contributed by atoms with E-state index in [9.17, 15) is 4.79 Å². The van der Waals surface area contributed by atoms with E-state index in [1.807, 2.05) is 30.3 Å². The van der Waals surface area contributed by atoms with Gasteiger partial charge in [0.2, 0.25) is 0 Å². The minimum atomic E-state index is -0.0337. The van der Waals surface area contributed by atoms with Gasteiger partial charge in [-0.15, -0.1) is 0 Å². The number of benzene rings is 3. The normalized spacial score (nSPS) is 12.7.